The Balaban J connectivity index is 1.80. The Morgan fingerprint density at radius 3 is 2.75 bits per heavy atom. The molecule has 0 saturated heterocycles. The Hall–Kier alpha value is -1.29. The molecule has 0 spiro atoms. The van der Waals surface area contributed by atoms with Crippen molar-refractivity contribution in [3.63, 3.8) is 0 Å². The number of allylic oxidation sites excluding steroid dienone is 2. The van der Waals surface area contributed by atoms with E-state index in [1.54, 1.807) is 0 Å². The highest BCUT2D eigenvalue weighted by molar-refractivity contribution is 14.1. The van der Waals surface area contributed by atoms with Crippen molar-refractivity contribution in [2.75, 3.05) is 5.32 Å². The van der Waals surface area contributed by atoms with E-state index in [1.807, 2.05) is 0 Å². The van der Waals surface area contributed by atoms with Crippen LogP contribution in [0.15, 0.2) is 60.7 Å². The second-order valence-corrected chi connectivity index (χ2v) is 6.86. The van der Waals surface area contributed by atoms with E-state index in [4.69, 9.17) is 0 Å². The molecule has 0 bridgehead atoms. The van der Waals surface area contributed by atoms with Gasteiger partial charge in [-0.3, -0.25) is 0 Å². The van der Waals surface area contributed by atoms with Crippen molar-refractivity contribution < 1.29 is 0 Å². The van der Waals surface area contributed by atoms with Crippen molar-refractivity contribution in [1.82, 2.24) is 0 Å². The lowest BCUT2D eigenvalue weighted by Gasteiger charge is -2.37. The van der Waals surface area contributed by atoms with Crippen molar-refractivity contribution in [1.29, 1.82) is 0 Å². The number of rotatable bonds is 1. The summed E-state index contributed by atoms with van der Waals surface area (Å²) in [5, 5.41) is 3.77. The van der Waals surface area contributed by atoms with Crippen LogP contribution in [0, 0.1) is 9.49 Å². The zero-order chi connectivity index (χ0) is 13.5. The number of halogens is 1. The summed E-state index contributed by atoms with van der Waals surface area (Å²) in [6.45, 7) is 0. The van der Waals surface area contributed by atoms with E-state index in [-0.39, 0.29) is 0 Å². The van der Waals surface area contributed by atoms with Gasteiger partial charge in [-0.15, -0.1) is 0 Å². The van der Waals surface area contributed by atoms with Crippen molar-refractivity contribution >= 4 is 28.3 Å². The fourth-order valence-electron chi connectivity index (χ4n) is 3.56. The van der Waals surface area contributed by atoms with Crippen LogP contribution in [0.2, 0.25) is 0 Å². The van der Waals surface area contributed by atoms with Gasteiger partial charge in [0.25, 0.3) is 0 Å². The maximum atomic E-state index is 3.77. The van der Waals surface area contributed by atoms with E-state index in [1.165, 1.54) is 26.8 Å². The lowest BCUT2D eigenvalue weighted by Crippen LogP contribution is -2.29. The van der Waals surface area contributed by atoms with Crippen molar-refractivity contribution in [3.8, 4) is 0 Å². The molecule has 2 heteroatoms. The van der Waals surface area contributed by atoms with E-state index in [9.17, 15) is 0 Å². The molecule has 1 aliphatic carbocycles. The fraction of sp³-hybridized carbons (Fsp3) is 0.222. The number of fused-ring (bicyclic) bond motifs is 3. The molecule has 2 aromatic rings. The molecule has 1 aliphatic heterocycles. The molecular weight excluding hydrogens is 357 g/mol. The average Bonchev–Trinajstić information content (AvgIpc) is 2.97. The van der Waals surface area contributed by atoms with Crippen LogP contribution < -0.4 is 5.32 Å². The van der Waals surface area contributed by atoms with Crippen LogP contribution >= 0.6 is 22.6 Å². The predicted octanol–water partition coefficient (Wildman–Crippen LogP) is 5.12. The average molecular weight is 373 g/mol. The van der Waals surface area contributed by atoms with Crippen molar-refractivity contribution in [2.24, 2.45) is 5.92 Å². The minimum Gasteiger partial charge on any atom is -0.378 e. The van der Waals surface area contributed by atoms with Crippen LogP contribution in [0.3, 0.4) is 0 Å². The summed E-state index contributed by atoms with van der Waals surface area (Å²) in [4.78, 5) is 0. The van der Waals surface area contributed by atoms with E-state index >= 15 is 0 Å². The predicted molar refractivity (Wildman–Crippen MR) is 92.0 cm³/mol. The Morgan fingerprint density at radius 2 is 1.90 bits per heavy atom. The van der Waals surface area contributed by atoms with E-state index in [2.05, 4.69) is 88.6 Å². The Bertz CT molecular complexity index is 662. The Kier molecular flexibility index (Phi) is 3.06. The van der Waals surface area contributed by atoms with Gasteiger partial charge < -0.3 is 5.32 Å². The van der Waals surface area contributed by atoms with Gasteiger partial charge in [-0.05, 0) is 64.3 Å². The molecule has 0 amide bonds. The standard InChI is InChI=1S/C18H16IN/c19-13-9-10-17-16(11-13)14-7-4-8-15(14)18(20-17)12-5-2-1-3-6-12/h1-7,9-11,14-15,18,20H,8H2. The first-order valence-corrected chi connectivity index (χ1v) is 8.18. The minimum atomic E-state index is 0.420. The molecule has 0 saturated carbocycles. The lowest BCUT2D eigenvalue weighted by molar-refractivity contribution is 0.425. The summed E-state index contributed by atoms with van der Waals surface area (Å²) >= 11 is 2.40. The molecule has 4 rings (SSSR count). The second-order valence-electron chi connectivity index (χ2n) is 5.62. The van der Waals surface area contributed by atoms with Crippen LogP contribution in [-0.2, 0) is 0 Å². The fourth-order valence-corrected chi connectivity index (χ4v) is 4.07. The molecule has 100 valence electrons. The number of nitrogens with one attached hydrogen (secondary N) is 1. The molecule has 20 heavy (non-hydrogen) atoms. The topological polar surface area (TPSA) is 12.0 Å². The van der Waals surface area contributed by atoms with Crippen LogP contribution in [0.4, 0.5) is 5.69 Å². The maximum Gasteiger partial charge on any atom is 0.0553 e. The first-order valence-electron chi connectivity index (χ1n) is 7.10. The molecule has 0 radical (unpaired) electrons. The molecule has 1 N–H and O–H groups in total. The van der Waals surface area contributed by atoms with Gasteiger partial charge in [0.15, 0.2) is 0 Å². The third-order valence-corrected chi connectivity index (χ3v) is 5.15. The summed E-state index contributed by atoms with van der Waals surface area (Å²) < 4.78 is 1.32. The summed E-state index contributed by atoms with van der Waals surface area (Å²) in [5.41, 5.74) is 4.16. The Morgan fingerprint density at radius 1 is 1.05 bits per heavy atom. The summed E-state index contributed by atoms with van der Waals surface area (Å²) in [6.07, 6.45) is 5.92. The van der Waals surface area contributed by atoms with Gasteiger partial charge in [-0.1, -0.05) is 42.5 Å². The largest absolute Gasteiger partial charge is 0.378 e. The highest BCUT2D eigenvalue weighted by Crippen LogP contribution is 2.49. The number of hydrogen-bond donors (Lipinski definition) is 1. The van der Waals surface area contributed by atoms with Crippen LogP contribution in [-0.4, -0.2) is 0 Å². The van der Waals surface area contributed by atoms with Gasteiger partial charge in [0.05, 0.1) is 6.04 Å². The number of hydrogen-bond acceptors (Lipinski definition) is 1. The summed E-state index contributed by atoms with van der Waals surface area (Å²) in [7, 11) is 0. The number of anilines is 1. The lowest BCUT2D eigenvalue weighted by atomic mass is 9.77. The van der Waals surface area contributed by atoms with Gasteiger partial charge in [0.1, 0.15) is 0 Å². The van der Waals surface area contributed by atoms with Crippen LogP contribution in [0.1, 0.15) is 29.5 Å². The number of benzene rings is 2. The van der Waals surface area contributed by atoms with Crippen molar-refractivity contribution in [3.05, 3.63) is 75.4 Å². The van der Waals surface area contributed by atoms with Gasteiger partial charge in [-0.2, -0.15) is 0 Å². The van der Waals surface area contributed by atoms with Crippen molar-refractivity contribution in [2.45, 2.75) is 18.4 Å². The highest BCUT2D eigenvalue weighted by atomic mass is 127. The molecule has 1 heterocycles. The zero-order valence-electron chi connectivity index (χ0n) is 11.1. The third kappa shape index (κ3) is 1.97. The normalized spacial score (nSPS) is 26.8. The van der Waals surface area contributed by atoms with E-state index in [0.717, 1.165) is 0 Å². The molecule has 0 aromatic heterocycles. The quantitative estimate of drug-likeness (QED) is 0.541. The molecule has 1 nitrogen and oxygen atoms in total. The van der Waals surface area contributed by atoms with E-state index in [0.29, 0.717) is 17.9 Å². The van der Waals surface area contributed by atoms with Gasteiger partial charge >= 0.3 is 0 Å². The smallest absolute Gasteiger partial charge is 0.0553 e. The Labute approximate surface area is 133 Å². The summed E-state index contributed by atoms with van der Waals surface area (Å²) in [5.74, 6) is 1.20. The van der Waals surface area contributed by atoms with Gasteiger partial charge in [0.2, 0.25) is 0 Å². The molecule has 2 aromatic carbocycles. The minimum absolute atomic E-state index is 0.420. The summed E-state index contributed by atoms with van der Waals surface area (Å²) in [6, 6.07) is 18.0. The molecule has 2 aliphatic rings. The molecule has 3 unspecified atom stereocenters. The van der Waals surface area contributed by atoms with Crippen LogP contribution in [0.5, 0.6) is 0 Å². The van der Waals surface area contributed by atoms with E-state index < -0.39 is 0 Å². The first-order chi connectivity index (χ1) is 9.83. The third-order valence-electron chi connectivity index (χ3n) is 4.48. The maximum absolute atomic E-state index is 3.77. The SMILES string of the molecule is Ic1ccc2c(c1)C1C=CCC1C(c1ccccc1)N2. The second kappa shape index (κ2) is 4.92. The first kappa shape index (κ1) is 12.5. The van der Waals surface area contributed by atoms with Gasteiger partial charge in [0, 0.05) is 15.2 Å². The van der Waals surface area contributed by atoms with Crippen LogP contribution in [0.25, 0.3) is 0 Å². The zero-order valence-corrected chi connectivity index (χ0v) is 13.2. The molecular formula is C18H16IN. The molecule has 3 atom stereocenters. The van der Waals surface area contributed by atoms with Gasteiger partial charge in [-0.25, -0.2) is 0 Å². The monoisotopic (exact) mass is 373 g/mol. The highest BCUT2D eigenvalue weighted by Gasteiger charge is 2.37. The molecule has 0 fully saturated rings.